The molecular formula is C15H25N3O. The summed E-state index contributed by atoms with van der Waals surface area (Å²) >= 11 is 0. The molecule has 4 heteroatoms. The molecule has 0 bridgehead atoms. The van der Waals surface area contributed by atoms with Crippen molar-refractivity contribution in [3.8, 4) is 5.75 Å². The molecule has 0 amide bonds. The highest BCUT2D eigenvalue weighted by atomic mass is 16.5. The molecule has 19 heavy (non-hydrogen) atoms. The van der Waals surface area contributed by atoms with Crippen LogP contribution in [0.2, 0.25) is 0 Å². The number of aromatic nitrogens is 2. The largest absolute Gasteiger partial charge is 0.487 e. The second-order valence-corrected chi connectivity index (χ2v) is 5.63. The maximum atomic E-state index is 6.09. The van der Waals surface area contributed by atoms with Gasteiger partial charge in [-0.1, -0.05) is 26.7 Å². The van der Waals surface area contributed by atoms with Gasteiger partial charge in [-0.15, -0.1) is 0 Å². The molecule has 1 aliphatic carbocycles. The number of nitrogens with two attached hydrogens (primary N) is 1. The van der Waals surface area contributed by atoms with E-state index < -0.39 is 0 Å². The van der Waals surface area contributed by atoms with Gasteiger partial charge in [0.15, 0.2) is 5.75 Å². The first-order valence-corrected chi connectivity index (χ1v) is 7.43. The molecule has 1 fully saturated rings. The zero-order valence-electron chi connectivity index (χ0n) is 12.1. The predicted molar refractivity (Wildman–Crippen MR) is 76.1 cm³/mol. The van der Waals surface area contributed by atoms with Gasteiger partial charge in [0.2, 0.25) is 0 Å². The van der Waals surface area contributed by atoms with Crippen LogP contribution in [0.1, 0.15) is 69.8 Å². The highest BCUT2D eigenvalue weighted by Gasteiger charge is 2.17. The van der Waals surface area contributed by atoms with Crippen LogP contribution < -0.4 is 10.5 Å². The van der Waals surface area contributed by atoms with Gasteiger partial charge in [0.05, 0.1) is 18.0 Å². The quantitative estimate of drug-likeness (QED) is 0.848. The van der Waals surface area contributed by atoms with Crippen LogP contribution in [0, 0.1) is 0 Å². The Hall–Kier alpha value is -1.16. The Labute approximate surface area is 115 Å². The Bertz CT molecular complexity index is 398. The van der Waals surface area contributed by atoms with Crippen LogP contribution >= 0.6 is 0 Å². The van der Waals surface area contributed by atoms with Crippen molar-refractivity contribution in [1.29, 1.82) is 0 Å². The molecule has 1 saturated carbocycles. The molecule has 0 atom stereocenters. The first kappa shape index (κ1) is 14.3. The van der Waals surface area contributed by atoms with Crippen molar-refractivity contribution >= 4 is 0 Å². The Morgan fingerprint density at radius 2 is 1.95 bits per heavy atom. The maximum absolute atomic E-state index is 6.09. The third kappa shape index (κ3) is 3.90. The fourth-order valence-corrected chi connectivity index (χ4v) is 2.48. The van der Waals surface area contributed by atoms with Crippen LogP contribution in [0.25, 0.3) is 0 Å². The average Bonchev–Trinajstić information content (AvgIpc) is 2.67. The van der Waals surface area contributed by atoms with Crippen LogP contribution in [-0.2, 0) is 6.54 Å². The normalized spacial score (nSPS) is 17.5. The Morgan fingerprint density at radius 1 is 1.26 bits per heavy atom. The average molecular weight is 263 g/mol. The molecule has 2 N–H and O–H groups in total. The molecule has 1 aromatic heterocycles. The van der Waals surface area contributed by atoms with E-state index in [-0.39, 0.29) is 0 Å². The summed E-state index contributed by atoms with van der Waals surface area (Å²) in [6.07, 6.45) is 9.54. The van der Waals surface area contributed by atoms with Crippen LogP contribution in [-0.4, -0.2) is 16.1 Å². The predicted octanol–water partition coefficient (Wildman–Crippen LogP) is 3.16. The van der Waals surface area contributed by atoms with E-state index in [0.29, 0.717) is 18.6 Å². The minimum atomic E-state index is 0.307. The number of rotatable bonds is 4. The molecule has 0 saturated heterocycles. The molecule has 0 radical (unpaired) electrons. The Morgan fingerprint density at radius 3 is 2.53 bits per heavy atom. The number of nitrogens with zero attached hydrogens (tertiary/aromatic N) is 2. The minimum absolute atomic E-state index is 0.307. The second-order valence-electron chi connectivity index (χ2n) is 5.63. The van der Waals surface area contributed by atoms with E-state index in [9.17, 15) is 0 Å². The zero-order valence-corrected chi connectivity index (χ0v) is 12.1. The summed E-state index contributed by atoms with van der Waals surface area (Å²) in [7, 11) is 0. The molecule has 0 aromatic carbocycles. The van der Waals surface area contributed by atoms with E-state index >= 15 is 0 Å². The third-order valence-electron chi connectivity index (χ3n) is 3.65. The van der Waals surface area contributed by atoms with E-state index in [1.54, 1.807) is 6.20 Å². The molecule has 0 unspecified atom stereocenters. The van der Waals surface area contributed by atoms with Crippen molar-refractivity contribution in [3.05, 3.63) is 17.7 Å². The van der Waals surface area contributed by atoms with Gasteiger partial charge in [-0.25, -0.2) is 9.97 Å². The van der Waals surface area contributed by atoms with Crippen LogP contribution in [0.3, 0.4) is 0 Å². The molecule has 106 valence electrons. The van der Waals surface area contributed by atoms with Gasteiger partial charge in [0.1, 0.15) is 5.82 Å². The van der Waals surface area contributed by atoms with Crippen molar-refractivity contribution < 1.29 is 4.74 Å². The smallest absolute Gasteiger partial charge is 0.160 e. The summed E-state index contributed by atoms with van der Waals surface area (Å²) in [6, 6.07) is 0. The van der Waals surface area contributed by atoms with Gasteiger partial charge in [-0.3, -0.25) is 0 Å². The van der Waals surface area contributed by atoms with Gasteiger partial charge in [-0.2, -0.15) is 0 Å². The second kappa shape index (κ2) is 6.85. The lowest BCUT2D eigenvalue weighted by atomic mass is 10.1. The van der Waals surface area contributed by atoms with E-state index in [4.69, 9.17) is 10.5 Å². The van der Waals surface area contributed by atoms with Crippen LogP contribution in [0.5, 0.6) is 5.75 Å². The van der Waals surface area contributed by atoms with Gasteiger partial charge in [0.25, 0.3) is 0 Å². The first-order valence-electron chi connectivity index (χ1n) is 7.43. The number of ether oxygens (including phenoxy) is 1. The number of hydrogen-bond acceptors (Lipinski definition) is 4. The monoisotopic (exact) mass is 263 g/mol. The summed E-state index contributed by atoms with van der Waals surface area (Å²) < 4.78 is 6.09. The van der Waals surface area contributed by atoms with E-state index in [1.807, 2.05) is 0 Å². The molecule has 0 aliphatic heterocycles. The van der Waals surface area contributed by atoms with Crippen LogP contribution in [0.15, 0.2) is 6.20 Å². The lowest BCUT2D eigenvalue weighted by molar-refractivity contribution is 0.180. The fourth-order valence-electron chi connectivity index (χ4n) is 2.48. The first-order chi connectivity index (χ1) is 9.20. The van der Waals surface area contributed by atoms with Crippen LogP contribution in [0.4, 0.5) is 0 Å². The Kier molecular flexibility index (Phi) is 5.14. The maximum Gasteiger partial charge on any atom is 0.160 e. The van der Waals surface area contributed by atoms with Crippen molar-refractivity contribution in [3.63, 3.8) is 0 Å². The Balaban J connectivity index is 2.10. The van der Waals surface area contributed by atoms with E-state index in [1.165, 1.54) is 25.7 Å². The summed E-state index contributed by atoms with van der Waals surface area (Å²) in [5.74, 6) is 1.93. The standard InChI is InChI=1S/C15H25N3O/c1-11(2)15-17-10-14(13(9-16)18-15)19-12-7-5-3-4-6-8-12/h10-12H,3-9,16H2,1-2H3. The third-order valence-corrected chi connectivity index (χ3v) is 3.65. The molecule has 2 rings (SSSR count). The van der Waals surface area contributed by atoms with E-state index in [2.05, 4.69) is 23.8 Å². The molecule has 1 aromatic rings. The summed E-state index contributed by atoms with van der Waals surface area (Å²) in [5, 5.41) is 0. The van der Waals surface area contributed by atoms with E-state index in [0.717, 1.165) is 30.1 Å². The zero-order chi connectivity index (χ0) is 13.7. The molecule has 0 spiro atoms. The fraction of sp³-hybridized carbons (Fsp3) is 0.733. The lowest BCUT2D eigenvalue weighted by Crippen LogP contribution is -2.18. The highest BCUT2D eigenvalue weighted by Crippen LogP contribution is 2.25. The van der Waals surface area contributed by atoms with Crippen molar-refractivity contribution in [2.75, 3.05) is 0 Å². The SMILES string of the molecule is CC(C)c1ncc(OC2CCCCCC2)c(CN)n1. The van der Waals surface area contributed by atoms with Gasteiger partial charge >= 0.3 is 0 Å². The summed E-state index contributed by atoms with van der Waals surface area (Å²) in [5.41, 5.74) is 6.62. The molecular weight excluding hydrogens is 238 g/mol. The summed E-state index contributed by atoms with van der Waals surface area (Å²) in [6.45, 7) is 4.58. The van der Waals surface area contributed by atoms with Crippen molar-refractivity contribution in [2.24, 2.45) is 5.73 Å². The molecule has 1 aliphatic rings. The highest BCUT2D eigenvalue weighted by molar-refractivity contribution is 5.25. The van der Waals surface area contributed by atoms with Crippen molar-refractivity contribution in [2.45, 2.75) is 70.9 Å². The topological polar surface area (TPSA) is 61.0 Å². The minimum Gasteiger partial charge on any atom is -0.487 e. The molecule has 1 heterocycles. The summed E-state index contributed by atoms with van der Waals surface area (Å²) in [4.78, 5) is 8.90. The number of hydrogen-bond donors (Lipinski definition) is 1. The van der Waals surface area contributed by atoms with Gasteiger partial charge in [-0.05, 0) is 25.7 Å². The molecule has 4 nitrogen and oxygen atoms in total. The van der Waals surface area contributed by atoms with Gasteiger partial charge < -0.3 is 10.5 Å². The van der Waals surface area contributed by atoms with Gasteiger partial charge in [0, 0.05) is 12.5 Å². The lowest BCUT2D eigenvalue weighted by Gasteiger charge is -2.19. The van der Waals surface area contributed by atoms with Crippen molar-refractivity contribution in [1.82, 2.24) is 9.97 Å².